The average Bonchev–Trinajstić information content (AvgIpc) is 3.55. The van der Waals surface area contributed by atoms with Gasteiger partial charge in [0.25, 0.3) is 11.8 Å². The van der Waals surface area contributed by atoms with Crippen molar-refractivity contribution < 1.29 is 23.9 Å². The molecule has 1 aliphatic rings. The number of nitrogens with zero attached hydrogens (tertiary/aromatic N) is 2. The monoisotopic (exact) mass is 759 g/mol. The van der Waals surface area contributed by atoms with Crippen molar-refractivity contribution in [1.82, 2.24) is 15.2 Å². The molecular weight excluding hydrogens is 719 g/mol. The van der Waals surface area contributed by atoms with Gasteiger partial charge in [-0.15, -0.1) is 23.1 Å². The summed E-state index contributed by atoms with van der Waals surface area (Å²) >= 11 is 2.80. The summed E-state index contributed by atoms with van der Waals surface area (Å²) in [5, 5.41) is 8.72. The first-order chi connectivity index (χ1) is 26.3. The Balaban J connectivity index is 1.15. The predicted molar refractivity (Wildman–Crippen MR) is 214 cm³/mol. The molecule has 0 aliphatic carbocycles. The van der Waals surface area contributed by atoms with E-state index >= 15 is 0 Å². The zero-order valence-electron chi connectivity index (χ0n) is 30.0. The highest BCUT2D eigenvalue weighted by atomic mass is 32.2. The van der Waals surface area contributed by atoms with Crippen LogP contribution in [0, 0.1) is 0 Å². The van der Waals surface area contributed by atoms with Gasteiger partial charge in [0.2, 0.25) is 5.91 Å². The van der Waals surface area contributed by atoms with Gasteiger partial charge >= 0.3 is 5.97 Å². The van der Waals surface area contributed by atoms with Crippen LogP contribution in [0.15, 0.2) is 120 Å². The number of benzene rings is 3. The molecular formula is C42H41N5O5S2. The number of carbonyl (C=O) groups excluding carboxylic acids is 4. The second-order valence-corrected chi connectivity index (χ2v) is 14.9. The van der Waals surface area contributed by atoms with Gasteiger partial charge in [-0.05, 0) is 78.9 Å². The van der Waals surface area contributed by atoms with Crippen molar-refractivity contribution in [3.63, 3.8) is 0 Å². The summed E-state index contributed by atoms with van der Waals surface area (Å²) in [6.45, 7) is 6.20. The van der Waals surface area contributed by atoms with Gasteiger partial charge in [-0.2, -0.15) is 0 Å². The third kappa shape index (κ3) is 9.90. The molecule has 10 nitrogen and oxygen atoms in total. The largest absolute Gasteiger partial charge is 0.462 e. The molecule has 0 saturated heterocycles. The molecule has 3 heterocycles. The van der Waals surface area contributed by atoms with Gasteiger partial charge in [0, 0.05) is 53.1 Å². The number of hydrogen-bond donors (Lipinski definition) is 3. The lowest BCUT2D eigenvalue weighted by Crippen LogP contribution is -2.30. The Hall–Kier alpha value is -5.56. The van der Waals surface area contributed by atoms with Crippen molar-refractivity contribution in [2.75, 3.05) is 23.8 Å². The number of fused-ring (bicyclic) bond motifs is 1. The van der Waals surface area contributed by atoms with E-state index in [2.05, 4.69) is 38.0 Å². The number of rotatable bonds is 14. The predicted octanol–water partition coefficient (Wildman–Crippen LogP) is 7.80. The number of pyridine rings is 1. The minimum absolute atomic E-state index is 0.0416. The van der Waals surface area contributed by atoms with E-state index in [1.54, 1.807) is 80.0 Å². The van der Waals surface area contributed by atoms with Crippen LogP contribution in [0.2, 0.25) is 0 Å². The fraction of sp³-hybridized carbons (Fsp3) is 0.214. The number of carbonyl (C=O) groups is 4. The van der Waals surface area contributed by atoms with E-state index in [0.717, 1.165) is 28.4 Å². The topological polar surface area (TPSA) is 130 Å². The van der Waals surface area contributed by atoms with Crippen LogP contribution in [-0.2, 0) is 33.8 Å². The maximum Gasteiger partial charge on any atom is 0.341 e. The lowest BCUT2D eigenvalue weighted by atomic mass is 10.0. The Kier molecular flexibility index (Phi) is 13.1. The van der Waals surface area contributed by atoms with Crippen molar-refractivity contribution >= 4 is 63.6 Å². The molecule has 1 aliphatic heterocycles. The second-order valence-electron chi connectivity index (χ2n) is 12.5. The van der Waals surface area contributed by atoms with E-state index in [1.807, 2.05) is 37.3 Å². The van der Waals surface area contributed by atoms with Gasteiger partial charge in [-0.3, -0.25) is 24.3 Å². The summed E-state index contributed by atoms with van der Waals surface area (Å²) in [6, 6.07) is 29.6. The molecule has 1 unspecified atom stereocenters. The molecule has 0 bridgehead atoms. The van der Waals surface area contributed by atoms with Gasteiger partial charge in [-0.25, -0.2) is 4.79 Å². The number of aromatic nitrogens is 1. The highest BCUT2D eigenvalue weighted by Gasteiger charge is 2.31. The van der Waals surface area contributed by atoms with Gasteiger partial charge in [0.15, 0.2) is 0 Å². The molecule has 2 aromatic heterocycles. The van der Waals surface area contributed by atoms with E-state index < -0.39 is 23.0 Å². The minimum atomic E-state index is -0.523. The molecule has 3 N–H and O–H groups in total. The zero-order valence-corrected chi connectivity index (χ0v) is 31.7. The molecule has 276 valence electrons. The fourth-order valence-corrected chi connectivity index (χ4v) is 8.33. The molecule has 0 fully saturated rings. The SMILES string of the molecule is CCOC(=O)c1c(NC(=O)C(CC)Sc2cccc(NC(=O)/C(=C/c3cccnc3)NC(=O)c3ccccc3)c2)sc2c1CCN(Cc1ccccc1)C2. The van der Waals surface area contributed by atoms with E-state index in [0.29, 0.717) is 46.8 Å². The lowest BCUT2D eigenvalue weighted by Gasteiger charge is -2.27. The third-order valence-corrected chi connectivity index (χ3v) is 11.1. The molecule has 3 amide bonds. The number of anilines is 2. The highest BCUT2D eigenvalue weighted by molar-refractivity contribution is 8.00. The van der Waals surface area contributed by atoms with Crippen LogP contribution in [0.5, 0.6) is 0 Å². The smallest absolute Gasteiger partial charge is 0.341 e. The second kappa shape index (κ2) is 18.5. The van der Waals surface area contributed by atoms with E-state index in [4.69, 9.17) is 4.74 Å². The van der Waals surface area contributed by atoms with Crippen molar-refractivity contribution in [2.45, 2.75) is 49.9 Å². The number of thioether (sulfide) groups is 1. The Morgan fingerprint density at radius 2 is 1.72 bits per heavy atom. The maximum absolute atomic E-state index is 13.8. The number of esters is 1. The Morgan fingerprint density at radius 3 is 2.44 bits per heavy atom. The van der Waals surface area contributed by atoms with Crippen molar-refractivity contribution in [3.8, 4) is 0 Å². The molecule has 0 saturated carbocycles. The lowest BCUT2D eigenvalue weighted by molar-refractivity contribution is -0.116. The average molecular weight is 760 g/mol. The van der Waals surface area contributed by atoms with Crippen LogP contribution in [0.4, 0.5) is 10.7 Å². The first kappa shape index (κ1) is 38.2. The number of hydrogen-bond acceptors (Lipinski definition) is 9. The van der Waals surface area contributed by atoms with Crippen LogP contribution in [-0.4, -0.2) is 52.0 Å². The number of thiophene rings is 1. The molecule has 0 spiro atoms. The van der Waals surface area contributed by atoms with Crippen molar-refractivity contribution in [1.29, 1.82) is 0 Å². The first-order valence-electron chi connectivity index (χ1n) is 17.8. The van der Waals surface area contributed by atoms with E-state index in [9.17, 15) is 19.2 Å². The highest BCUT2D eigenvalue weighted by Crippen LogP contribution is 2.39. The van der Waals surface area contributed by atoms with Gasteiger partial charge in [0.05, 0.1) is 17.4 Å². The molecule has 5 aromatic rings. The first-order valence-corrected chi connectivity index (χ1v) is 19.5. The molecule has 6 rings (SSSR count). The fourth-order valence-electron chi connectivity index (χ4n) is 6.04. The minimum Gasteiger partial charge on any atom is -0.462 e. The Morgan fingerprint density at radius 1 is 0.944 bits per heavy atom. The Labute approximate surface area is 323 Å². The summed E-state index contributed by atoms with van der Waals surface area (Å²) in [7, 11) is 0. The zero-order chi connectivity index (χ0) is 37.9. The third-order valence-electron chi connectivity index (χ3n) is 8.66. The van der Waals surface area contributed by atoms with Crippen molar-refractivity contribution in [2.24, 2.45) is 0 Å². The number of nitrogens with one attached hydrogen (secondary N) is 3. The van der Waals surface area contributed by atoms with Crippen LogP contribution in [0.25, 0.3) is 6.08 Å². The van der Waals surface area contributed by atoms with Crippen LogP contribution in [0.3, 0.4) is 0 Å². The maximum atomic E-state index is 13.8. The van der Waals surface area contributed by atoms with E-state index in [1.165, 1.54) is 28.7 Å². The normalized spacial score (nSPS) is 13.3. The summed E-state index contributed by atoms with van der Waals surface area (Å²) < 4.78 is 5.45. The number of amides is 3. The van der Waals surface area contributed by atoms with Gasteiger partial charge in [0.1, 0.15) is 10.7 Å². The molecule has 12 heteroatoms. The van der Waals surface area contributed by atoms with Crippen molar-refractivity contribution in [3.05, 3.63) is 148 Å². The molecule has 1 atom stereocenters. The summed E-state index contributed by atoms with van der Waals surface area (Å²) in [6.07, 6.45) is 5.98. The summed E-state index contributed by atoms with van der Waals surface area (Å²) in [5.74, 6) is -1.61. The Bertz CT molecular complexity index is 2120. The molecule has 0 radical (unpaired) electrons. The van der Waals surface area contributed by atoms with Crippen LogP contribution in [0.1, 0.15) is 62.6 Å². The summed E-state index contributed by atoms with van der Waals surface area (Å²) in [4.78, 5) is 62.0. The van der Waals surface area contributed by atoms with Crippen LogP contribution < -0.4 is 16.0 Å². The van der Waals surface area contributed by atoms with Gasteiger partial charge in [-0.1, -0.05) is 67.6 Å². The molecule has 54 heavy (non-hydrogen) atoms. The quantitative estimate of drug-likeness (QED) is 0.0595. The van der Waals surface area contributed by atoms with E-state index in [-0.39, 0.29) is 18.2 Å². The summed E-state index contributed by atoms with van der Waals surface area (Å²) in [5.41, 5.74) is 4.19. The molecule has 3 aromatic carbocycles. The standard InChI is InChI=1S/C42H41N5O5S2/c1-3-35(40(50)46-41-37(42(51)52-4-2)33-20-22-47(27-36(33)54-41)26-28-13-7-5-8-14-28)53-32-19-11-18-31(24-32)44-39(49)34(23-29-15-12-21-43-25-29)45-38(48)30-16-9-6-10-17-30/h5-19,21,23-25,35H,3-4,20,22,26-27H2,1-2H3,(H,44,49)(H,45,48)(H,46,50)/b34-23-. The number of ether oxygens (including phenoxy) is 1. The van der Waals surface area contributed by atoms with Gasteiger partial charge < -0.3 is 20.7 Å². The van der Waals surface area contributed by atoms with Crippen LogP contribution >= 0.6 is 23.1 Å².